The number of nitriles is 2. The van der Waals surface area contributed by atoms with Gasteiger partial charge in [0.15, 0.2) is 0 Å². The minimum atomic E-state index is -0.375. The van der Waals surface area contributed by atoms with Gasteiger partial charge in [-0.3, -0.25) is 14.6 Å². The number of pyridine rings is 1. The Kier molecular flexibility index (Phi) is 6.93. The first-order valence-corrected chi connectivity index (χ1v) is 10.6. The number of aryl methyl sites for hydroxylation is 1. The van der Waals surface area contributed by atoms with Gasteiger partial charge in [0.2, 0.25) is 11.2 Å². The SMILES string of the molecule is CCc1ccc(-c2c(C#N)c(N)nc(SCC(=O)Nc3c[n+](N(C)C)no3)c2C#N)cc1. The number of rotatable bonds is 7. The number of nitrogen functional groups attached to an aromatic ring is 1. The van der Waals surface area contributed by atoms with E-state index < -0.39 is 0 Å². The molecule has 3 rings (SSSR count). The van der Waals surface area contributed by atoms with Crippen LogP contribution in [0.25, 0.3) is 11.1 Å². The van der Waals surface area contributed by atoms with Gasteiger partial charge in [0.05, 0.1) is 30.2 Å². The second kappa shape index (κ2) is 9.81. The summed E-state index contributed by atoms with van der Waals surface area (Å²) < 4.78 is 5.04. The van der Waals surface area contributed by atoms with Crippen molar-refractivity contribution in [3.05, 3.63) is 47.2 Å². The number of nitrogens with zero attached hydrogens (tertiary/aromatic N) is 6. The zero-order chi connectivity index (χ0) is 23.3. The van der Waals surface area contributed by atoms with E-state index in [4.69, 9.17) is 10.3 Å². The summed E-state index contributed by atoms with van der Waals surface area (Å²) >= 11 is 1.05. The topological polar surface area (TPSA) is 149 Å². The lowest BCUT2D eigenvalue weighted by atomic mass is 9.96. The number of carbonyl (C=O) groups is 1. The molecule has 0 fully saturated rings. The zero-order valence-electron chi connectivity index (χ0n) is 17.8. The molecule has 162 valence electrons. The molecule has 0 aliphatic carbocycles. The minimum absolute atomic E-state index is 0.00577. The van der Waals surface area contributed by atoms with Crippen molar-refractivity contribution in [3.63, 3.8) is 0 Å². The molecule has 0 bridgehead atoms. The van der Waals surface area contributed by atoms with Crippen molar-refractivity contribution in [2.45, 2.75) is 18.4 Å². The maximum absolute atomic E-state index is 12.4. The van der Waals surface area contributed by atoms with Gasteiger partial charge in [-0.15, -0.1) is 0 Å². The fourth-order valence-corrected chi connectivity index (χ4v) is 3.68. The Balaban J connectivity index is 1.88. The van der Waals surface area contributed by atoms with Gasteiger partial charge in [0.1, 0.15) is 28.5 Å². The molecule has 2 heterocycles. The van der Waals surface area contributed by atoms with E-state index in [0.717, 1.165) is 23.7 Å². The molecule has 0 saturated carbocycles. The third-order valence-corrected chi connectivity index (χ3v) is 5.51. The molecule has 1 aromatic carbocycles. The van der Waals surface area contributed by atoms with Crippen LogP contribution in [-0.2, 0) is 11.2 Å². The Hall–Kier alpha value is -4.09. The first kappa shape index (κ1) is 22.6. The van der Waals surface area contributed by atoms with Gasteiger partial charge in [-0.1, -0.05) is 43.0 Å². The fraction of sp³-hybridized carbons (Fsp3) is 0.238. The predicted octanol–water partition coefficient (Wildman–Crippen LogP) is 1.84. The molecule has 3 aromatic rings. The average molecular weight is 450 g/mol. The number of aromatic nitrogens is 3. The summed E-state index contributed by atoms with van der Waals surface area (Å²) in [4.78, 5) is 18.0. The van der Waals surface area contributed by atoms with Crippen molar-refractivity contribution >= 4 is 29.4 Å². The molecule has 2 aromatic heterocycles. The standard InChI is InChI=1S/C21H20N8O2S/c1-4-13-5-7-14(8-6-13)19-15(9-22)20(24)26-21(16(19)10-23)32-12-17(30)25-18-11-29(27-31-18)28(2)3/h5-8,11H,4,12H2,1-3H3,(H2-,24,25,26,27,30)/p+1. The molecule has 0 spiro atoms. The van der Waals surface area contributed by atoms with Gasteiger partial charge >= 0.3 is 5.88 Å². The second-order valence-corrected chi connectivity index (χ2v) is 7.84. The summed E-state index contributed by atoms with van der Waals surface area (Å²) in [6.45, 7) is 2.04. The van der Waals surface area contributed by atoms with E-state index in [1.165, 1.54) is 11.0 Å². The van der Waals surface area contributed by atoms with Crippen LogP contribution in [0.3, 0.4) is 0 Å². The Labute approximate surface area is 189 Å². The Bertz CT molecular complexity index is 1220. The van der Waals surface area contributed by atoms with Crippen LogP contribution in [0.1, 0.15) is 23.6 Å². The highest BCUT2D eigenvalue weighted by Gasteiger charge is 2.22. The molecule has 32 heavy (non-hydrogen) atoms. The molecule has 10 nitrogen and oxygen atoms in total. The maximum atomic E-state index is 12.4. The summed E-state index contributed by atoms with van der Waals surface area (Å²) in [5.74, 6) is -0.247. The summed E-state index contributed by atoms with van der Waals surface area (Å²) in [7, 11) is 3.53. The molecule has 1 amide bonds. The number of thioether (sulfide) groups is 1. The number of hydrogen-bond acceptors (Lipinski definition) is 9. The van der Waals surface area contributed by atoms with Gasteiger partial charge in [-0.05, 0) is 17.5 Å². The van der Waals surface area contributed by atoms with Gasteiger partial charge in [-0.25, -0.2) is 4.98 Å². The lowest BCUT2D eigenvalue weighted by Gasteiger charge is -2.13. The summed E-state index contributed by atoms with van der Waals surface area (Å²) in [5.41, 5.74) is 8.58. The average Bonchev–Trinajstić information content (AvgIpc) is 3.26. The van der Waals surface area contributed by atoms with E-state index in [9.17, 15) is 15.3 Å². The summed E-state index contributed by atoms with van der Waals surface area (Å²) in [6, 6.07) is 11.7. The molecule has 0 atom stereocenters. The first-order valence-electron chi connectivity index (χ1n) is 9.59. The van der Waals surface area contributed by atoms with Gasteiger partial charge < -0.3 is 5.73 Å². The highest BCUT2D eigenvalue weighted by Crippen LogP contribution is 2.35. The Morgan fingerprint density at radius 2 is 1.94 bits per heavy atom. The van der Waals surface area contributed by atoms with Crippen LogP contribution in [0.2, 0.25) is 0 Å². The van der Waals surface area contributed by atoms with Crippen LogP contribution in [0.5, 0.6) is 0 Å². The largest absolute Gasteiger partial charge is 0.383 e. The van der Waals surface area contributed by atoms with Crippen LogP contribution in [0.15, 0.2) is 40.0 Å². The molecule has 0 aliphatic heterocycles. The van der Waals surface area contributed by atoms with Crippen molar-refractivity contribution in [1.29, 1.82) is 10.5 Å². The number of anilines is 2. The molecule has 0 radical (unpaired) electrons. The molecule has 3 N–H and O–H groups in total. The fourth-order valence-electron chi connectivity index (χ4n) is 2.89. The van der Waals surface area contributed by atoms with Crippen molar-refractivity contribution < 1.29 is 14.1 Å². The highest BCUT2D eigenvalue weighted by molar-refractivity contribution is 8.00. The number of hydrogen-bond donors (Lipinski definition) is 2. The van der Waals surface area contributed by atoms with Crippen LogP contribution >= 0.6 is 11.8 Å². The molecule has 0 aliphatic rings. The molecule has 0 unspecified atom stereocenters. The summed E-state index contributed by atoms with van der Waals surface area (Å²) in [5, 5.41) is 27.7. The van der Waals surface area contributed by atoms with Gasteiger partial charge in [0, 0.05) is 5.56 Å². The summed E-state index contributed by atoms with van der Waals surface area (Å²) in [6.07, 6.45) is 2.38. The quantitative estimate of drug-likeness (QED) is 0.407. The Morgan fingerprint density at radius 3 is 2.50 bits per heavy atom. The third kappa shape index (κ3) is 4.79. The van der Waals surface area contributed by atoms with E-state index >= 15 is 0 Å². The monoisotopic (exact) mass is 449 g/mol. The molecular weight excluding hydrogens is 428 g/mol. The second-order valence-electron chi connectivity index (χ2n) is 6.87. The molecule has 0 saturated heterocycles. The van der Waals surface area contributed by atoms with Crippen LogP contribution in [-0.4, -0.2) is 36.0 Å². The van der Waals surface area contributed by atoms with E-state index in [1.807, 2.05) is 37.3 Å². The van der Waals surface area contributed by atoms with Crippen molar-refractivity contribution in [2.75, 3.05) is 35.9 Å². The Morgan fingerprint density at radius 1 is 1.25 bits per heavy atom. The van der Waals surface area contributed by atoms with Crippen molar-refractivity contribution in [3.8, 4) is 23.3 Å². The number of amides is 1. The van der Waals surface area contributed by atoms with E-state index in [2.05, 4.69) is 21.6 Å². The smallest absolute Gasteiger partial charge is 0.305 e. The van der Waals surface area contributed by atoms with E-state index in [-0.39, 0.29) is 39.5 Å². The third-order valence-electron chi connectivity index (χ3n) is 4.53. The highest BCUT2D eigenvalue weighted by atomic mass is 32.2. The van der Waals surface area contributed by atoms with E-state index in [1.54, 1.807) is 19.1 Å². The molecule has 11 heteroatoms. The van der Waals surface area contributed by atoms with E-state index in [0.29, 0.717) is 11.1 Å². The minimum Gasteiger partial charge on any atom is -0.383 e. The van der Waals surface area contributed by atoms with Crippen LogP contribution in [0, 0.1) is 22.7 Å². The molecular formula is C21H21N8O2S+. The first-order chi connectivity index (χ1) is 15.4. The predicted molar refractivity (Wildman–Crippen MR) is 119 cm³/mol. The van der Waals surface area contributed by atoms with Crippen molar-refractivity contribution in [2.24, 2.45) is 0 Å². The number of nitrogens with one attached hydrogen (secondary N) is 1. The zero-order valence-corrected chi connectivity index (χ0v) is 18.6. The van der Waals surface area contributed by atoms with Gasteiger partial charge in [0.25, 0.3) is 6.20 Å². The van der Waals surface area contributed by atoms with Crippen LogP contribution < -0.4 is 20.9 Å². The van der Waals surface area contributed by atoms with Gasteiger partial charge in [-0.2, -0.15) is 15.5 Å². The normalized spacial score (nSPS) is 10.3. The maximum Gasteiger partial charge on any atom is 0.305 e. The number of benzene rings is 1. The van der Waals surface area contributed by atoms with Crippen molar-refractivity contribution in [1.82, 2.24) is 10.3 Å². The van der Waals surface area contributed by atoms with Crippen LogP contribution in [0.4, 0.5) is 11.7 Å². The lowest BCUT2D eigenvalue weighted by Crippen LogP contribution is -2.53. The lowest BCUT2D eigenvalue weighted by molar-refractivity contribution is -0.753. The number of nitrogens with two attached hydrogens (primary N) is 1. The number of carbonyl (C=O) groups excluding carboxylic acids is 1.